The molecule has 0 aliphatic carbocycles. The van der Waals surface area contributed by atoms with Crippen molar-refractivity contribution in [1.82, 2.24) is 5.32 Å². The second-order valence-electron chi connectivity index (χ2n) is 7.12. The smallest absolute Gasteiger partial charge is 0.313 e. The van der Waals surface area contributed by atoms with Gasteiger partial charge in [-0.3, -0.25) is 9.59 Å². The lowest BCUT2D eigenvalue weighted by Crippen LogP contribution is -2.49. The zero-order valence-electron chi connectivity index (χ0n) is 16.2. The molecule has 1 heterocycles. The van der Waals surface area contributed by atoms with E-state index in [0.717, 1.165) is 0 Å². The molecule has 7 nitrogen and oxygen atoms in total. The van der Waals surface area contributed by atoms with Gasteiger partial charge in [0.15, 0.2) is 0 Å². The average molecular weight is 428 g/mol. The van der Waals surface area contributed by atoms with E-state index in [2.05, 4.69) is 10.6 Å². The van der Waals surface area contributed by atoms with Crippen LogP contribution >= 0.6 is 11.6 Å². The molecule has 3 rings (SSSR count). The SMILES string of the molecule is N#Cc1ccc(Cl)cc1NC(=O)C(=O)NC[C@@](O)(c1ccccc1)C1CCOCC1. The van der Waals surface area contributed by atoms with Crippen LogP contribution < -0.4 is 10.6 Å². The Morgan fingerprint density at radius 2 is 1.87 bits per heavy atom. The summed E-state index contributed by atoms with van der Waals surface area (Å²) in [6.45, 7) is 0.925. The Labute approximate surface area is 179 Å². The van der Waals surface area contributed by atoms with Gasteiger partial charge in [-0.25, -0.2) is 0 Å². The summed E-state index contributed by atoms with van der Waals surface area (Å²) < 4.78 is 5.39. The summed E-state index contributed by atoms with van der Waals surface area (Å²) in [7, 11) is 0. The molecule has 0 bridgehead atoms. The van der Waals surface area contributed by atoms with Crippen molar-refractivity contribution in [3.05, 3.63) is 64.7 Å². The summed E-state index contributed by atoms with van der Waals surface area (Å²) in [5.41, 5.74) is -0.342. The fourth-order valence-electron chi connectivity index (χ4n) is 3.58. The Kier molecular flexibility index (Phi) is 7.06. The van der Waals surface area contributed by atoms with Crippen molar-refractivity contribution in [3.8, 4) is 6.07 Å². The summed E-state index contributed by atoms with van der Waals surface area (Å²) in [4.78, 5) is 24.8. The molecular weight excluding hydrogens is 406 g/mol. The standard InChI is InChI=1S/C22H22ClN3O4/c23-18-7-6-15(13-24)19(12-18)26-21(28)20(27)25-14-22(29,16-4-2-1-3-5-16)17-8-10-30-11-9-17/h1-7,12,17,29H,8-11,14H2,(H,25,27)(H,26,28)/t22-/m1/s1. The number of anilines is 1. The van der Waals surface area contributed by atoms with E-state index < -0.39 is 17.4 Å². The summed E-state index contributed by atoms with van der Waals surface area (Å²) in [6, 6.07) is 15.4. The molecular formula is C22H22ClN3O4. The zero-order chi connectivity index (χ0) is 21.6. The lowest BCUT2D eigenvalue weighted by atomic mass is 9.77. The minimum absolute atomic E-state index is 0.130. The van der Waals surface area contributed by atoms with Crippen LogP contribution in [0.15, 0.2) is 48.5 Å². The van der Waals surface area contributed by atoms with Gasteiger partial charge >= 0.3 is 11.8 Å². The van der Waals surface area contributed by atoms with Crippen molar-refractivity contribution in [2.75, 3.05) is 25.1 Å². The highest BCUT2D eigenvalue weighted by Crippen LogP contribution is 2.35. The van der Waals surface area contributed by atoms with Gasteiger partial charge in [-0.1, -0.05) is 41.9 Å². The molecule has 1 saturated heterocycles. The van der Waals surface area contributed by atoms with Crippen LogP contribution in [-0.4, -0.2) is 36.7 Å². The minimum Gasteiger partial charge on any atom is -0.383 e. The number of aliphatic hydroxyl groups is 1. The van der Waals surface area contributed by atoms with Gasteiger partial charge in [-0.05, 0) is 42.5 Å². The van der Waals surface area contributed by atoms with Crippen molar-refractivity contribution in [2.24, 2.45) is 5.92 Å². The van der Waals surface area contributed by atoms with Crippen LogP contribution in [0.3, 0.4) is 0 Å². The largest absolute Gasteiger partial charge is 0.383 e. The monoisotopic (exact) mass is 427 g/mol. The summed E-state index contributed by atoms with van der Waals surface area (Å²) in [6.07, 6.45) is 1.28. The normalized spacial score (nSPS) is 16.2. The quantitative estimate of drug-likeness (QED) is 0.635. The number of carbonyl (C=O) groups excluding carboxylic acids is 2. The Bertz CT molecular complexity index is 955. The van der Waals surface area contributed by atoms with Crippen molar-refractivity contribution in [3.63, 3.8) is 0 Å². The van der Waals surface area contributed by atoms with Crippen LogP contribution in [0.2, 0.25) is 5.02 Å². The molecule has 0 saturated carbocycles. The Hall–Kier alpha value is -2.92. The number of ether oxygens (including phenoxy) is 1. The third kappa shape index (κ3) is 4.97. The number of hydrogen-bond donors (Lipinski definition) is 3. The van der Waals surface area contributed by atoms with Crippen molar-refractivity contribution >= 4 is 29.1 Å². The molecule has 1 fully saturated rings. The average Bonchev–Trinajstić information content (AvgIpc) is 2.78. The first-order valence-corrected chi connectivity index (χ1v) is 9.96. The van der Waals surface area contributed by atoms with Gasteiger partial charge in [0.1, 0.15) is 11.7 Å². The number of nitrogens with zero attached hydrogens (tertiary/aromatic N) is 1. The number of nitriles is 1. The molecule has 0 radical (unpaired) electrons. The molecule has 2 aromatic rings. The van der Waals surface area contributed by atoms with E-state index in [1.54, 1.807) is 12.1 Å². The van der Waals surface area contributed by atoms with Crippen LogP contribution in [0.4, 0.5) is 5.69 Å². The van der Waals surface area contributed by atoms with Gasteiger partial charge in [0.25, 0.3) is 0 Å². The van der Waals surface area contributed by atoms with Gasteiger partial charge in [0.2, 0.25) is 0 Å². The van der Waals surface area contributed by atoms with Gasteiger partial charge in [-0.2, -0.15) is 5.26 Å². The molecule has 0 aromatic heterocycles. The highest BCUT2D eigenvalue weighted by molar-refractivity contribution is 6.40. The Morgan fingerprint density at radius 1 is 1.17 bits per heavy atom. The summed E-state index contributed by atoms with van der Waals surface area (Å²) >= 11 is 5.91. The van der Waals surface area contributed by atoms with E-state index in [1.807, 2.05) is 24.3 Å². The maximum absolute atomic E-state index is 12.4. The zero-order valence-corrected chi connectivity index (χ0v) is 17.0. The molecule has 1 aliphatic rings. The molecule has 1 atom stereocenters. The topological polar surface area (TPSA) is 111 Å². The number of amides is 2. The van der Waals surface area contributed by atoms with Gasteiger partial charge < -0.3 is 20.5 Å². The molecule has 2 aromatic carbocycles. The third-order valence-corrected chi connectivity index (χ3v) is 5.48. The van der Waals surface area contributed by atoms with Gasteiger partial charge in [0.05, 0.1) is 17.8 Å². The van der Waals surface area contributed by atoms with Crippen molar-refractivity contribution in [2.45, 2.75) is 18.4 Å². The molecule has 2 amide bonds. The van der Waals surface area contributed by atoms with Gasteiger partial charge in [0, 0.05) is 18.2 Å². The Balaban J connectivity index is 1.72. The fraction of sp³-hybridized carbons (Fsp3) is 0.318. The van der Waals surface area contributed by atoms with Crippen LogP contribution in [0.5, 0.6) is 0 Å². The van der Waals surface area contributed by atoms with E-state index in [4.69, 9.17) is 21.6 Å². The lowest BCUT2D eigenvalue weighted by molar-refractivity contribution is -0.137. The number of benzene rings is 2. The maximum atomic E-state index is 12.4. The van der Waals surface area contributed by atoms with E-state index in [1.165, 1.54) is 18.2 Å². The minimum atomic E-state index is -1.34. The molecule has 30 heavy (non-hydrogen) atoms. The number of rotatable bonds is 5. The van der Waals surface area contributed by atoms with E-state index in [9.17, 15) is 14.7 Å². The van der Waals surface area contributed by atoms with Crippen LogP contribution in [0, 0.1) is 17.2 Å². The fourth-order valence-corrected chi connectivity index (χ4v) is 3.75. The molecule has 0 unspecified atom stereocenters. The van der Waals surface area contributed by atoms with Crippen molar-refractivity contribution in [1.29, 1.82) is 5.26 Å². The van der Waals surface area contributed by atoms with E-state index in [-0.39, 0.29) is 23.7 Å². The molecule has 3 N–H and O–H groups in total. The van der Waals surface area contributed by atoms with E-state index in [0.29, 0.717) is 36.6 Å². The molecule has 0 spiro atoms. The maximum Gasteiger partial charge on any atom is 0.313 e. The first kappa shape index (κ1) is 21.8. The van der Waals surface area contributed by atoms with Crippen molar-refractivity contribution < 1.29 is 19.4 Å². The number of carbonyl (C=O) groups is 2. The second-order valence-corrected chi connectivity index (χ2v) is 7.55. The predicted octanol–water partition coefficient (Wildman–Crippen LogP) is 2.58. The van der Waals surface area contributed by atoms with Crippen LogP contribution in [-0.2, 0) is 19.9 Å². The van der Waals surface area contributed by atoms with E-state index >= 15 is 0 Å². The van der Waals surface area contributed by atoms with Gasteiger partial charge in [-0.15, -0.1) is 0 Å². The first-order valence-electron chi connectivity index (χ1n) is 9.58. The number of halogens is 1. The summed E-state index contributed by atoms with van der Waals surface area (Å²) in [5, 5.41) is 25.9. The first-order chi connectivity index (χ1) is 14.4. The highest BCUT2D eigenvalue weighted by Gasteiger charge is 2.39. The lowest BCUT2D eigenvalue weighted by Gasteiger charge is -2.39. The summed E-state index contributed by atoms with van der Waals surface area (Å²) in [5.74, 6) is -1.99. The Morgan fingerprint density at radius 3 is 2.53 bits per heavy atom. The van der Waals surface area contributed by atoms with Crippen LogP contribution in [0.1, 0.15) is 24.0 Å². The third-order valence-electron chi connectivity index (χ3n) is 5.25. The molecule has 156 valence electrons. The number of nitrogens with one attached hydrogen (secondary N) is 2. The highest BCUT2D eigenvalue weighted by atomic mass is 35.5. The number of hydrogen-bond acceptors (Lipinski definition) is 5. The molecule has 1 aliphatic heterocycles. The second kappa shape index (κ2) is 9.72. The van der Waals surface area contributed by atoms with Crippen LogP contribution in [0.25, 0.3) is 0 Å². The molecule has 8 heteroatoms. The predicted molar refractivity (Wildman–Crippen MR) is 112 cm³/mol.